The lowest BCUT2D eigenvalue weighted by molar-refractivity contribution is 0.0209. The summed E-state index contributed by atoms with van der Waals surface area (Å²) in [4.78, 5) is 2.86. The smallest absolute Gasteiger partial charge is 0.170 e. The minimum atomic E-state index is 0.533. The summed E-state index contributed by atoms with van der Waals surface area (Å²) in [5.41, 5.74) is 2.44. The predicted octanol–water partition coefficient (Wildman–Crippen LogP) is 4.08. The van der Waals surface area contributed by atoms with Gasteiger partial charge in [-0.1, -0.05) is 25.5 Å². The summed E-state index contributed by atoms with van der Waals surface area (Å²) in [5, 5.41) is 7.74. The molecule has 24 heavy (non-hydrogen) atoms. The van der Waals surface area contributed by atoms with Gasteiger partial charge in [0.1, 0.15) is 0 Å². The molecule has 3 nitrogen and oxygen atoms in total. The van der Waals surface area contributed by atoms with Crippen molar-refractivity contribution in [2.75, 3.05) is 5.32 Å². The molecule has 4 rings (SSSR count). The first-order valence-electron chi connectivity index (χ1n) is 9.67. The number of hydrogen-bond donors (Lipinski definition) is 2. The van der Waals surface area contributed by atoms with Gasteiger partial charge in [0.05, 0.1) is 0 Å². The van der Waals surface area contributed by atoms with Crippen LogP contribution in [-0.4, -0.2) is 34.2 Å². The SMILES string of the molecule is CCc1ccc(NC(=S)NC2CC3CCCC(C2)N3C2CC2)cc1. The summed E-state index contributed by atoms with van der Waals surface area (Å²) < 4.78 is 0. The minimum absolute atomic E-state index is 0.533. The van der Waals surface area contributed by atoms with E-state index in [4.69, 9.17) is 12.2 Å². The Morgan fingerprint density at radius 1 is 1.04 bits per heavy atom. The molecule has 2 N–H and O–H groups in total. The number of fused-ring (bicyclic) bond motifs is 2. The van der Waals surface area contributed by atoms with E-state index < -0.39 is 0 Å². The van der Waals surface area contributed by atoms with Gasteiger partial charge in [-0.25, -0.2) is 0 Å². The van der Waals surface area contributed by atoms with Crippen molar-refractivity contribution in [2.45, 2.75) is 82.5 Å². The fourth-order valence-corrected chi connectivity index (χ4v) is 4.97. The maximum Gasteiger partial charge on any atom is 0.170 e. The zero-order chi connectivity index (χ0) is 16.5. The van der Waals surface area contributed by atoms with Crippen LogP contribution in [0, 0.1) is 0 Å². The molecule has 0 amide bonds. The van der Waals surface area contributed by atoms with Crippen molar-refractivity contribution in [3.8, 4) is 0 Å². The van der Waals surface area contributed by atoms with E-state index >= 15 is 0 Å². The van der Waals surface area contributed by atoms with Crippen molar-refractivity contribution in [1.29, 1.82) is 0 Å². The predicted molar refractivity (Wildman–Crippen MR) is 104 cm³/mol. The van der Waals surface area contributed by atoms with Gasteiger partial charge in [0.2, 0.25) is 0 Å². The molecule has 2 unspecified atom stereocenters. The van der Waals surface area contributed by atoms with Crippen molar-refractivity contribution < 1.29 is 0 Å². The molecule has 2 atom stereocenters. The maximum absolute atomic E-state index is 5.57. The highest BCUT2D eigenvalue weighted by Crippen LogP contribution is 2.41. The highest BCUT2D eigenvalue weighted by Gasteiger charge is 2.44. The van der Waals surface area contributed by atoms with Crippen LogP contribution in [0.15, 0.2) is 24.3 Å². The molecule has 2 aliphatic heterocycles. The minimum Gasteiger partial charge on any atom is -0.360 e. The quantitative estimate of drug-likeness (QED) is 0.806. The topological polar surface area (TPSA) is 27.3 Å². The Hall–Kier alpha value is -1.13. The molecular formula is C20H29N3S. The number of piperidine rings is 2. The number of thiocarbonyl (C=S) groups is 1. The molecule has 1 aromatic rings. The van der Waals surface area contributed by atoms with Gasteiger partial charge in [-0.15, -0.1) is 0 Å². The van der Waals surface area contributed by atoms with Crippen molar-refractivity contribution in [3.05, 3.63) is 29.8 Å². The fourth-order valence-electron chi connectivity index (χ4n) is 4.68. The Morgan fingerprint density at radius 3 is 2.29 bits per heavy atom. The zero-order valence-electron chi connectivity index (χ0n) is 14.6. The molecule has 1 aromatic carbocycles. The van der Waals surface area contributed by atoms with Gasteiger partial charge >= 0.3 is 0 Å². The molecular weight excluding hydrogens is 314 g/mol. The third-order valence-electron chi connectivity index (χ3n) is 5.95. The van der Waals surface area contributed by atoms with E-state index in [0.29, 0.717) is 6.04 Å². The average molecular weight is 344 g/mol. The monoisotopic (exact) mass is 343 g/mol. The van der Waals surface area contributed by atoms with Crippen LogP contribution in [0.5, 0.6) is 0 Å². The second kappa shape index (κ2) is 7.01. The Balaban J connectivity index is 1.32. The number of hydrogen-bond acceptors (Lipinski definition) is 2. The number of benzene rings is 1. The maximum atomic E-state index is 5.57. The van der Waals surface area contributed by atoms with Crippen LogP contribution < -0.4 is 10.6 Å². The van der Waals surface area contributed by atoms with Gasteiger partial charge in [0.15, 0.2) is 5.11 Å². The highest BCUT2D eigenvalue weighted by atomic mass is 32.1. The standard InChI is InChI=1S/C20H29N3S/c1-2-14-6-8-15(9-7-14)21-20(24)22-16-12-18-4-3-5-19(13-16)23(18)17-10-11-17/h6-9,16-19H,2-5,10-13H2,1H3,(H2,21,22,24). The van der Waals surface area contributed by atoms with E-state index in [1.165, 1.54) is 50.5 Å². The van der Waals surface area contributed by atoms with Gasteiger partial charge in [0, 0.05) is 29.9 Å². The number of anilines is 1. The second-order valence-electron chi connectivity index (χ2n) is 7.73. The van der Waals surface area contributed by atoms with Crippen LogP contribution in [-0.2, 0) is 6.42 Å². The molecule has 0 aromatic heterocycles. The van der Waals surface area contributed by atoms with E-state index in [2.05, 4.69) is 46.7 Å². The van der Waals surface area contributed by atoms with Crippen molar-refractivity contribution >= 4 is 23.0 Å². The summed E-state index contributed by atoms with van der Waals surface area (Å²) in [6.45, 7) is 2.18. The number of aryl methyl sites for hydroxylation is 1. The van der Waals surface area contributed by atoms with Crippen LogP contribution in [0.4, 0.5) is 5.69 Å². The van der Waals surface area contributed by atoms with E-state index in [0.717, 1.165) is 35.3 Å². The first kappa shape index (κ1) is 16.3. The lowest BCUT2D eigenvalue weighted by Gasteiger charge is -2.49. The molecule has 2 bridgehead atoms. The lowest BCUT2D eigenvalue weighted by atomic mass is 9.81. The second-order valence-corrected chi connectivity index (χ2v) is 8.14. The molecule has 130 valence electrons. The molecule has 0 radical (unpaired) electrons. The molecule has 0 spiro atoms. The third-order valence-corrected chi connectivity index (χ3v) is 6.17. The Labute approximate surface area is 151 Å². The molecule has 4 heteroatoms. The van der Waals surface area contributed by atoms with Crippen LogP contribution >= 0.6 is 12.2 Å². The van der Waals surface area contributed by atoms with E-state index in [-0.39, 0.29) is 0 Å². The number of nitrogens with one attached hydrogen (secondary N) is 2. The summed E-state index contributed by atoms with van der Waals surface area (Å²) >= 11 is 5.57. The van der Waals surface area contributed by atoms with E-state index in [1.54, 1.807) is 0 Å². The number of rotatable bonds is 4. The van der Waals surface area contributed by atoms with Gasteiger partial charge in [-0.05, 0) is 74.9 Å². The molecule has 2 heterocycles. The fraction of sp³-hybridized carbons (Fsp3) is 0.650. The lowest BCUT2D eigenvalue weighted by Crippen LogP contribution is -2.57. The normalized spacial score (nSPS) is 30.0. The van der Waals surface area contributed by atoms with Gasteiger partial charge < -0.3 is 10.6 Å². The Morgan fingerprint density at radius 2 is 1.71 bits per heavy atom. The molecule has 3 aliphatic rings. The number of nitrogens with zero attached hydrogens (tertiary/aromatic N) is 1. The van der Waals surface area contributed by atoms with Crippen molar-refractivity contribution in [1.82, 2.24) is 10.2 Å². The first-order valence-corrected chi connectivity index (χ1v) is 10.1. The van der Waals surface area contributed by atoms with Crippen molar-refractivity contribution in [2.24, 2.45) is 0 Å². The van der Waals surface area contributed by atoms with Crippen LogP contribution in [0.25, 0.3) is 0 Å². The van der Waals surface area contributed by atoms with Crippen LogP contribution in [0.2, 0.25) is 0 Å². The van der Waals surface area contributed by atoms with Crippen molar-refractivity contribution in [3.63, 3.8) is 0 Å². The molecule has 3 fully saturated rings. The summed E-state index contributed by atoms with van der Waals surface area (Å²) in [6.07, 6.45) is 10.6. The Bertz CT molecular complexity index is 567. The first-order chi connectivity index (χ1) is 11.7. The summed E-state index contributed by atoms with van der Waals surface area (Å²) in [7, 11) is 0. The van der Waals surface area contributed by atoms with Crippen LogP contribution in [0.1, 0.15) is 57.4 Å². The summed E-state index contributed by atoms with van der Waals surface area (Å²) in [5.74, 6) is 0. The average Bonchev–Trinajstić information content (AvgIpc) is 3.39. The Kier molecular flexibility index (Phi) is 4.77. The largest absolute Gasteiger partial charge is 0.360 e. The van der Waals surface area contributed by atoms with Gasteiger partial charge in [0.25, 0.3) is 0 Å². The molecule has 1 aliphatic carbocycles. The highest BCUT2D eigenvalue weighted by molar-refractivity contribution is 7.80. The molecule has 2 saturated heterocycles. The van der Waals surface area contributed by atoms with E-state index in [1.807, 2.05) is 0 Å². The summed E-state index contributed by atoms with van der Waals surface area (Å²) in [6, 6.07) is 11.6. The van der Waals surface area contributed by atoms with E-state index in [9.17, 15) is 0 Å². The third kappa shape index (κ3) is 3.60. The zero-order valence-corrected chi connectivity index (χ0v) is 15.4. The van der Waals surface area contributed by atoms with Gasteiger partial charge in [-0.2, -0.15) is 0 Å². The molecule has 1 saturated carbocycles. The van der Waals surface area contributed by atoms with Crippen LogP contribution in [0.3, 0.4) is 0 Å². The van der Waals surface area contributed by atoms with Gasteiger partial charge in [-0.3, -0.25) is 4.90 Å².